The first kappa shape index (κ1) is 14.1. The van der Waals surface area contributed by atoms with Crippen LogP contribution < -0.4 is 4.74 Å². The van der Waals surface area contributed by atoms with Gasteiger partial charge in [-0.1, -0.05) is 29.8 Å². The second-order valence-corrected chi connectivity index (χ2v) is 4.99. The fourth-order valence-electron chi connectivity index (χ4n) is 2.19. The molecule has 1 N–H and O–H groups in total. The van der Waals surface area contributed by atoms with Gasteiger partial charge in [-0.15, -0.1) is 0 Å². The lowest BCUT2D eigenvalue weighted by atomic mass is 10.1. The highest BCUT2D eigenvalue weighted by Gasteiger charge is 2.14. The highest BCUT2D eigenvalue weighted by Crippen LogP contribution is 2.21. The van der Waals surface area contributed by atoms with Gasteiger partial charge in [0, 0.05) is 6.20 Å². The van der Waals surface area contributed by atoms with Gasteiger partial charge >= 0.3 is 5.97 Å². The number of hydrogen-bond donors (Lipinski definition) is 1. The van der Waals surface area contributed by atoms with Gasteiger partial charge < -0.3 is 9.84 Å². The molecule has 6 heteroatoms. The van der Waals surface area contributed by atoms with Crippen molar-refractivity contribution in [1.82, 2.24) is 14.5 Å². The van der Waals surface area contributed by atoms with Crippen molar-refractivity contribution in [2.45, 2.75) is 13.5 Å². The average molecular weight is 297 g/mol. The molecule has 0 bridgehead atoms. The van der Waals surface area contributed by atoms with Crippen LogP contribution in [-0.2, 0) is 11.3 Å². The zero-order chi connectivity index (χ0) is 15.5. The summed E-state index contributed by atoms with van der Waals surface area (Å²) in [4.78, 5) is 19.3. The van der Waals surface area contributed by atoms with Gasteiger partial charge in [-0.05, 0) is 24.6 Å². The van der Waals surface area contributed by atoms with Crippen molar-refractivity contribution in [3.63, 3.8) is 0 Å². The van der Waals surface area contributed by atoms with Gasteiger partial charge in [0.15, 0.2) is 12.3 Å². The summed E-state index contributed by atoms with van der Waals surface area (Å²) in [5.41, 5.74) is 3.59. The van der Waals surface area contributed by atoms with Crippen LogP contribution >= 0.6 is 0 Å². The summed E-state index contributed by atoms with van der Waals surface area (Å²) in [7, 11) is 0. The van der Waals surface area contributed by atoms with Gasteiger partial charge in [-0.3, -0.25) is 4.57 Å². The monoisotopic (exact) mass is 297 g/mol. The molecule has 0 atom stereocenters. The Morgan fingerprint density at radius 1 is 1.27 bits per heavy atom. The highest BCUT2D eigenvalue weighted by atomic mass is 16.5. The standard InChI is InChI=1S/C16H15N3O3/c1-11-4-6-12(7-5-11)9-19-15-13(3-2-8-17-15)18-16(19)22-10-14(20)21/h2-8H,9-10H2,1H3,(H,20,21). The van der Waals surface area contributed by atoms with Crippen LogP contribution in [0.15, 0.2) is 42.6 Å². The molecule has 0 fully saturated rings. The second-order valence-electron chi connectivity index (χ2n) is 4.99. The first-order valence-corrected chi connectivity index (χ1v) is 6.85. The van der Waals surface area contributed by atoms with E-state index in [1.165, 1.54) is 5.56 Å². The van der Waals surface area contributed by atoms with Crippen LogP contribution in [0.2, 0.25) is 0 Å². The zero-order valence-electron chi connectivity index (χ0n) is 12.1. The fourth-order valence-corrected chi connectivity index (χ4v) is 2.19. The normalized spacial score (nSPS) is 10.8. The van der Waals surface area contributed by atoms with E-state index >= 15 is 0 Å². The topological polar surface area (TPSA) is 77.2 Å². The Hall–Kier alpha value is -2.89. The summed E-state index contributed by atoms with van der Waals surface area (Å²) >= 11 is 0. The summed E-state index contributed by atoms with van der Waals surface area (Å²) in [6, 6.07) is 12.0. The molecule has 0 unspecified atom stereocenters. The molecule has 0 radical (unpaired) electrons. The van der Waals surface area contributed by atoms with Crippen LogP contribution in [0.3, 0.4) is 0 Å². The summed E-state index contributed by atoms with van der Waals surface area (Å²) in [6.45, 7) is 2.11. The van der Waals surface area contributed by atoms with Gasteiger partial charge in [0.2, 0.25) is 0 Å². The number of aryl methyl sites for hydroxylation is 1. The van der Waals surface area contributed by atoms with Crippen molar-refractivity contribution >= 4 is 17.1 Å². The summed E-state index contributed by atoms with van der Waals surface area (Å²) < 4.78 is 7.07. The molecule has 0 saturated heterocycles. The quantitative estimate of drug-likeness (QED) is 0.781. The van der Waals surface area contributed by atoms with Crippen molar-refractivity contribution < 1.29 is 14.6 Å². The lowest BCUT2D eigenvalue weighted by molar-refractivity contribution is -0.139. The molecule has 1 aromatic carbocycles. The van der Waals surface area contributed by atoms with Gasteiger partial charge in [0.25, 0.3) is 6.01 Å². The molecule has 0 aliphatic rings. The Kier molecular flexibility index (Phi) is 3.74. The van der Waals surface area contributed by atoms with E-state index in [2.05, 4.69) is 9.97 Å². The molecule has 0 saturated carbocycles. The number of rotatable bonds is 5. The number of ether oxygens (including phenoxy) is 1. The molecule has 2 aromatic heterocycles. The first-order valence-electron chi connectivity index (χ1n) is 6.85. The third-order valence-electron chi connectivity index (χ3n) is 3.25. The third kappa shape index (κ3) is 2.90. The zero-order valence-corrected chi connectivity index (χ0v) is 12.1. The Labute approximate surface area is 127 Å². The molecule has 3 rings (SSSR count). The fraction of sp³-hybridized carbons (Fsp3) is 0.188. The van der Waals surface area contributed by atoms with E-state index in [0.717, 1.165) is 5.56 Å². The van der Waals surface area contributed by atoms with E-state index in [1.807, 2.05) is 37.3 Å². The lowest BCUT2D eigenvalue weighted by Gasteiger charge is -2.08. The molecule has 3 aromatic rings. The van der Waals surface area contributed by atoms with Gasteiger partial charge in [-0.25, -0.2) is 9.78 Å². The number of aromatic nitrogens is 3. The van der Waals surface area contributed by atoms with Gasteiger partial charge in [0.05, 0.1) is 6.54 Å². The maximum Gasteiger partial charge on any atom is 0.341 e. The molecule has 0 amide bonds. The maximum absolute atomic E-state index is 10.7. The summed E-state index contributed by atoms with van der Waals surface area (Å²) in [5, 5.41) is 8.78. The molecule has 0 aliphatic carbocycles. The predicted octanol–water partition coefficient (Wildman–Crippen LogP) is 2.25. The Morgan fingerprint density at radius 2 is 2.05 bits per heavy atom. The van der Waals surface area contributed by atoms with E-state index in [-0.39, 0.29) is 6.01 Å². The number of nitrogens with zero attached hydrogens (tertiary/aromatic N) is 3. The maximum atomic E-state index is 10.7. The van der Waals surface area contributed by atoms with Crippen molar-refractivity contribution in [3.05, 3.63) is 53.7 Å². The van der Waals surface area contributed by atoms with E-state index < -0.39 is 12.6 Å². The Balaban J connectivity index is 1.99. The lowest BCUT2D eigenvalue weighted by Crippen LogP contribution is -2.13. The number of carboxylic acid groups (broad SMARTS) is 1. The van der Waals surface area contributed by atoms with Crippen LogP contribution in [0.5, 0.6) is 6.01 Å². The first-order chi connectivity index (χ1) is 10.6. The number of fused-ring (bicyclic) bond motifs is 1. The van der Waals surface area contributed by atoms with Crippen LogP contribution in [0.1, 0.15) is 11.1 Å². The molecule has 0 spiro atoms. The van der Waals surface area contributed by atoms with Crippen LogP contribution in [0, 0.1) is 6.92 Å². The molecular formula is C16H15N3O3. The van der Waals surface area contributed by atoms with Crippen molar-refractivity contribution in [2.24, 2.45) is 0 Å². The van der Waals surface area contributed by atoms with Crippen LogP contribution in [-0.4, -0.2) is 32.2 Å². The molecular weight excluding hydrogens is 282 g/mol. The van der Waals surface area contributed by atoms with Crippen LogP contribution in [0.25, 0.3) is 11.2 Å². The smallest absolute Gasteiger partial charge is 0.341 e. The number of imidazole rings is 1. The molecule has 0 aliphatic heterocycles. The minimum Gasteiger partial charge on any atom is -0.479 e. The van der Waals surface area contributed by atoms with Gasteiger partial charge in [-0.2, -0.15) is 4.98 Å². The van der Waals surface area contributed by atoms with Gasteiger partial charge in [0.1, 0.15) is 5.52 Å². The van der Waals surface area contributed by atoms with Crippen LogP contribution in [0.4, 0.5) is 0 Å². The number of benzene rings is 1. The molecule has 112 valence electrons. The van der Waals surface area contributed by atoms with E-state index in [4.69, 9.17) is 9.84 Å². The van der Waals surface area contributed by atoms with Crippen molar-refractivity contribution in [1.29, 1.82) is 0 Å². The summed E-state index contributed by atoms with van der Waals surface area (Å²) in [6.07, 6.45) is 1.68. The van der Waals surface area contributed by atoms with E-state index in [1.54, 1.807) is 16.8 Å². The highest BCUT2D eigenvalue weighted by molar-refractivity contribution is 5.72. The number of hydrogen-bond acceptors (Lipinski definition) is 4. The molecule has 2 heterocycles. The predicted molar refractivity (Wildman–Crippen MR) is 80.9 cm³/mol. The van der Waals surface area contributed by atoms with E-state index in [9.17, 15) is 4.79 Å². The average Bonchev–Trinajstić information content (AvgIpc) is 2.85. The Morgan fingerprint density at radius 3 is 2.77 bits per heavy atom. The number of carbonyl (C=O) groups is 1. The van der Waals surface area contributed by atoms with Crippen molar-refractivity contribution in [2.75, 3.05) is 6.61 Å². The van der Waals surface area contributed by atoms with Crippen molar-refractivity contribution in [3.8, 4) is 6.01 Å². The third-order valence-corrected chi connectivity index (χ3v) is 3.25. The second kappa shape index (κ2) is 5.85. The largest absolute Gasteiger partial charge is 0.479 e. The minimum atomic E-state index is -1.04. The Bertz CT molecular complexity index is 809. The number of carboxylic acids is 1. The molecule has 22 heavy (non-hydrogen) atoms. The SMILES string of the molecule is Cc1ccc(Cn2c(OCC(=O)O)nc3cccnc32)cc1. The van der Waals surface area contributed by atoms with E-state index in [0.29, 0.717) is 17.7 Å². The summed E-state index contributed by atoms with van der Waals surface area (Å²) in [5.74, 6) is -1.04. The number of pyridine rings is 1. The number of aliphatic carboxylic acids is 1. The minimum absolute atomic E-state index is 0.261. The molecule has 6 nitrogen and oxygen atoms in total.